The normalized spacial score (nSPS) is 14.9. The van der Waals surface area contributed by atoms with Crippen LogP contribution < -0.4 is 10.6 Å². The molecule has 0 saturated carbocycles. The fourth-order valence-electron chi connectivity index (χ4n) is 3.57. The molecule has 166 valence electrons. The summed E-state index contributed by atoms with van der Waals surface area (Å²) in [5.74, 6) is -1.17. The Bertz CT molecular complexity index is 1270. The number of hydrogen-bond acceptors (Lipinski definition) is 5. The first-order chi connectivity index (χ1) is 16.0. The lowest BCUT2D eigenvalue weighted by Gasteiger charge is -2.24. The third-order valence-electron chi connectivity index (χ3n) is 5.20. The average molecular weight is 508 g/mol. The summed E-state index contributed by atoms with van der Waals surface area (Å²) in [5.41, 5.74) is 2.52. The lowest BCUT2D eigenvalue weighted by Crippen LogP contribution is -2.44. The summed E-state index contributed by atoms with van der Waals surface area (Å²) in [6, 6.07) is 19.5. The van der Waals surface area contributed by atoms with Gasteiger partial charge in [-0.3, -0.25) is 9.59 Å². The van der Waals surface area contributed by atoms with Crippen LogP contribution in [0.25, 0.3) is 0 Å². The third kappa shape index (κ3) is 5.01. The van der Waals surface area contributed by atoms with E-state index < -0.39 is 17.8 Å². The van der Waals surface area contributed by atoms with Crippen LogP contribution in [-0.2, 0) is 11.2 Å². The van der Waals surface area contributed by atoms with Gasteiger partial charge in [0, 0.05) is 23.2 Å². The van der Waals surface area contributed by atoms with E-state index in [1.54, 1.807) is 24.3 Å². The summed E-state index contributed by atoms with van der Waals surface area (Å²) < 4.78 is 13.8. The van der Waals surface area contributed by atoms with Crippen molar-refractivity contribution in [1.29, 1.82) is 0 Å². The smallest absolute Gasteiger partial charge is 0.247 e. The Balaban J connectivity index is 1.63. The quantitative estimate of drug-likeness (QED) is 0.333. The molecule has 0 aromatic heterocycles. The zero-order valence-electron chi connectivity index (χ0n) is 17.3. The number of halogens is 2. The molecule has 6 nitrogen and oxygen atoms in total. The Hall–Kier alpha value is -3.78. The van der Waals surface area contributed by atoms with Crippen LogP contribution in [0.4, 0.5) is 10.1 Å². The van der Waals surface area contributed by atoms with Gasteiger partial charge in [-0.05, 0) is 45.8 Å². The first kappa shape index (κ1) is 22.4. The van der Waals surface area contributed by atoms with Crippen molar-refractivity contribution in [3.63, 3.8) is 0 Å². The highest BCUT2D eigenvalue weighted by Crippen LogP contribution is 2.23. The highest BCUT2D eigenvalue weighted by molar-refractivity contribution is 9.10. The van der Waals surface area contributed by atoms with Crippen molar-refractivity contribution in [1.82, 2.24) is 5.32 Å². The lowest BCUT2D eigenvalue weighted by molar-refractivity contribution is -0.117. The largest absolute Gasteiger partial charge is 0.410 e. The molecule has 3 aromatic rings. The number of amides is 1. The summed E-state index contributed by atoms with van der Waals surface area (Å²) in [5, 5.41) is 18.5. The van der Waals surface area contributed by atoms with Crippen molar-refractivity contribution < 1.29 is 19.2 Å². The molecular formula is C25H19BrFN3O3. The molecule has 1 aliphatic rings. The molecule has 8 heteroatoms. The lowest BCUT2D eigenvalue weighted by atomic mass is 9.91. The molecule has 0 heterocycles. The highest BCUT2D eigenvalue weighted by atomic mass is 79.9. The van der Waals surface area contributed by atoms with Crippen molar-refractivity contribution in [2.75, 3.05) is 5.32 Å². The molecule has 0 radical (unpaired) electrons. The van der Waals surface area contributed by atoms with Crippen LogP contribution in [0, 0.1) is 5.82 Å². The molecule has 1 aliphatic carbocycles. The molecule has 0 bridgehead atoms. The van der Waals surface area contributed by atoms with E-state index in [1.165, 1.54) is 24.3 Å². The monoisotopic (exact) mass is 507 g/mol. The summed E-state index contributed by atoms with van der Waals surface area (Å²) in [6.45, 7) is 0. The Labute approximate surface area is 198 Å². The zero-order chi connectivity index (χ0) is 23.4. The van der Waals surface area contributed by atoms with Gasteiger partial charge in [-0.2, -0.15) is 0 Å². The second-order valence-electron chi connectivity index (χ2n) is 7.42. The minimum absolute atomic E-state index is 0.137. The number of fused-ring (bicyclic) bond motifs is 1. The molecule has 0 fully saturated rings. The van der Waals surface area contributed by atoms with Crippen LogP contribution in [0.15, 0.2) is 94.2 Å². The second-order valence-corrected chi connectivity index (χ2v) is 8.28. The van der Waals surface area contributed by atoms with Gasteiger partial charge >= 0.3 is 0 Å². The van der Waals surface area contributed by atoms with Gasteiger partial charge in [-0.25, -0.2) is 4.39 Å². The van der Waals surface area contributed by atoms with Crippen LogP contribution in [-0.4, -0.2) is 28.7 Å². The van der Waals surface area contributed by atoms with Gasteiger partial charge in [0.15, 0.2) is 0 Å². The third-order valence-corrected chi connectivity index (χ3v) is 5.80. The van der Waals surface area contributed by atoms with Gasteiger partial charge in [0.05, 0.1) is 10.2 Å². The van der Waals surface area contributed by atoms with E-state index in [9.17, 15) is 19.2 Å². The van der Waals surface area contributed by atoms with Crippen molar-refractivity contribution in [3.05, 3.63) is 112 Å². The minimum Gasteiger partial charge on any atom is -0.410 e. The van der Waals surface area contributed by atoms with Gasteiger partial charge in [0.1, 0.15) is 17.6 Å². The number of benzene rings is 3. The molecule has 1 atom stereocenters. The van der Waals surface area contributed by atoms with Crippen molar-refractivity contribution >= 4 is 39.0 Å². The Kier molecular flexibility index (Phi) is 6.65. The first-order valence-electron chi connectivity index (χ1n) is 10.1. The van der Waals surface area contributed by atoms with E-state index in [1.807, 2.05) is 30.3 Å². The molecule has 0 aliphatic heterocycles. The molecule has 33 heavy (non-hydrogen) atoms. The SMILES string of the molecule is O=C1C(NC(Cc2ccccc2)C(=O)Nc2ccc(F)c(Br)c2)=CC(=NO)c2ccccc21. The molecule has 4 rings (SSSR count). The highest BCUT2D eigenvalue weighted by Gasteiger charge is 2.28. The predicted molar refractivity (Wildman–Crippen MR) is 127 cm³/mol. The molecule has 1 amide bonds. The zero-order valence-corrected chi connectivity index (χ0v) is 18.8. The number of Topliss-reactive ketones (excluding diaryl/α,β-unsaturated/α-hetero) is 1. The van der Waals surface area contributed by atoms with E-state index in [-0.39, 0.29) is 28.1 Å². The molecular weight excluding hydrogens is 489 g/mol. The van der Waals surface area contributed by atoms with Crippen LogP contribution in [0.1, 0.15) is 21.5 Å². The van der Waals surface area contributed by atoms with Gasteiger partial charge < -0.3 is 15.8 Å². The standard InChI is InChI=1S/C25H19BrFN3O3/c26-19-13-16(10-11-20(19)27)28-25(32)23(12-15-6-2-1-3-7-15)29-22-14-21(30-33)17-8-4-5-9-18(17)24(22)31/h1-11,13-14,23,29,33H,12H2,(H,28,32). The van der Waals surface area contributed by atoms with E-state index in [0.29, 0.717) is 16.8 Å². The van der Waals surface area contributed by atoms with E-state index in [2.05, 4.69) is 31.7 Å². The van der Waals surface area contributed by atoms with Gasteiger partial charge in [0.2, 0.25) is 11.7 Å². The number of ketones is 1. The fourth-order valence-corrected chi connectivity index (χ4v) is 3.95. The van der Waals surface area contributed by atoms with Crippen LogP contribution >= 0.6 is 15.9 Å². The molecule has 3 aromatic carbocycles. The van der Waals surface area contributed by atoms with Crippen LogP contribution in [0.5, 0.6) is 0 Å². The van der Waals surface area contributed by atoms with E-state index >= 15 is 0 Å². The number of nitrogens with one attached hydrogen (secondary N) is 2. The molecule has 0 spiro atoms. The summed E-state index contributed by atoms with van der Waals surface area (Å²) in [7, 11) is 0. The number of rotatable bonds is 6. The molecule has 0 saturated heterocycles. The topological polar surface area (TPSA) is 90.8 Å². The summed E-state index contributed by atoms with van der Waals surface area (Å²) in [6.07, 6.45) is 1.71. The number of anilines is 1. The van der Waals surface area contributed by atoms with Gasteiger partial charge in [0.25, 0.3) is 0 Å². The Morgan fingerprint density at radius 1 is 1.03 bits per heavy atom. The Morgan fingerprint density at radius 3 is 2.42 bits per heavy atom. The van der Waals surface area contributed by atoms with E-state index in [0.717, 1.165) is 5.56 Å². The minimum atomic E-state index is -0.836. The van der Waals surface area contributed by atoms with Crippen molar-refractivity contribution in [2.24, 2.45) is 5.16 Å². The summed E-state index contributed by atoms with van der Waals surface area (Å²) in [4.78, 5) is 26.3. The summed E-state index contributed by atoms with van der Waals surface area (Å²) >= 11 is 3.11. The maximum absolute atomic E-state index is 13.6. The maximum atomic E-state index is 13.6. The van der Waals surface area contributed by atoms with Crippen molar-refractivity contribution in [2.45, 2.75) is 12.5 Å². The predicted octanol–water partition coefficient (Wildman–Crippen LogP) is 4.69. The Morgan fingerprint density at radius 2 is 1.73 bits per heavy atom. The molecule has 1 unspecified atom stereocenters. The maximum Gasteiger partial charge on any atom is 0.247 e. The average Bonchev–Trinajstić information content (AvgIpc) is 2.83. The van der Waals surface area contributed by atoms with Gasteiger partial charge in [-0.1, -0.05) is 59.8 Å². The van der Waals surface area contributed by atoms with Crippen molar-refractivity contribution in [3.8, 4) is 0 Å². The number of oxime groups is 1. The number of nitrogens with zero attached hydrogens (tertiary/aromatic N) is 1. The number of carbonyl (C=O) groups excluding carboxylic acids is 2. The molecule has 3 N–H and O–H groups in total. The van der Waals surface area contributed by atoms with Gasteiger partial charge in [-0.15, -0.1) is 0 Å². The van der Waals surface area contributed by atoms with Crippen LogP contribution in [0.3, 0.4) is 0 Å². The van der Waals surface area contributed by atoms with E-state index in [4.69, 9.17) is 0 Å². The first-order valence-corrected chi connectivity index (χ1v) is 10.9. The number of hydrogen-bond donors (Lipinski definition) is 3. The number of carbonyl (C=O) groups is 2. The number of allylic oxidation sites excluding steroid dienone is 2. The van der Waals surface area contributed by atoms with Crippen LogP contribution in [0.2, 0.25) is 0 Å². The fraction of sp³-hybridized carbons (Fsp3) is 0.0800. The second kappa shape index (κ2) is 9.79.